The second-order valence-corrected chi connectivity index (χ2v) is 7.15. The molecular weight excluding hydrogens is 328 g/mol. The molecule has 134 valence electrons. The average Bonchev–Trinajstić information content (AvgIpc) is 2.49. The van der Waals surface area contributed by atoms with Crippen LogP contribution in [0.3, 0.4) is 0 Å². The number of carbonyl (C=O) groups is 1. The number of likely N-dealkylation sites (N-methyl/N-ethyl adjacent to an activating group) is 1. The number of ether oxygens (including phenoxy) is 1. The van der Waals surface area contributed by atoms with Gasteiger partial charge in [-0.2, -0.15) is 0 Å². The summed E-state index contributed by atoms with van der Waals surface area (Å²) >= 11 is 6.30. The topological polar surface area (TPSA) is 53.0 Å². The summed E-state index contributed by atoms with van der Waals surface area (Å²) in [6.07, 6.45) is 2.09. The maximum absolute atomic E-state index is 10.8. The maximum Gasteiger partial charge on any atom is 0.317 e. The van der Waals surface area contributed by atoms with Crippen LogP contribution in [0.15, 0.2) is 18.2 Å². The third kappa shape index (κ3) is 5.65. The molecule has 0 atom stereocenters. The summed E-state index contributed by atoms with van der Waals surface area (Å²) < 4.78 is 5.66. The van der Waals surface area contributed by atoms with E-state index >= 15 is 0 Å². The third-order valence-electron chi connectivity index (χ3n) is 4.33. The van der Waals surface area contributed by atoms with Crippen LogP contribution in [0.1, 0.15) is 32.3 Å². The Balaban J connectivity index is 1.85. The normalized spacial score (nSPS) is 16.8. The second-order valence-electron chi connectivity index (χ2n) is 6.75. The number of aliphatic carboxylic acids is 1. The summed E-state index contributed by atoms with van der Waals surface area (Å²) in [5, 5.41) is 9.54. The predicted molar refractivity (Wildman–Crippen MR) is 95.8 cm³/mol. The highest BCUT2D eigenvalue weighted by atomic mass is 35.5. The SMILES string of the molecule is CC(C)Oc1ccc(CN2CCC(N(C)CC(=O)O)CC2)cc1Cl. The van der Waals surface area contributed by atoms with E-state index in [9.17, 15) is 4.79 Å². The fourth-order valence-corrected chi connectivity index (χ4v) is 3.36. The highest BCUT2D eigenvalue weighted by Gasteiger charge is 2.23. The van der Waals surface area contributed by atoms with Gasteiger partial charge in [-0.15, -0.1) is 0 Å². The Morgan fingerprint density at radius 2 is 2.08 bits per heavy atom. The van der Waals surface area contributed by atoms with Crippen molar-refractivity contribution in [2.24, 2.45) is 0 Å². The van der Waals surface area contributed by atoms with Crippen LogP contribution in [-0.4, -0.2) is 59.7 Å². The van der Waals surface area contributed by atoms with Gasteiger partial charge in [-0.25, -0.2) is 0 Å². The first-order chi connectivity index (χ1) is 11.3. The van der Waals surface area contributed by atoms with Crippen molar-refractivity contribution in [2.45, 2.75) is 45.4 Å². The van der Waals surface area contributed by atoms with Gasteiger partial charge in [0.15, 0.2) is 0 Å². The predicted octanol–water partition coefficient (Wildman–Crippen LogP) is 3.11. The van der Waals surface area contributed by atoms with Crippen molar-refractivity contribution in [3.63, 3.8) is 0 Å². The maximum atomic E-state index is 10.8. The number of rotatable bonds is 7. The quantitative estimate of drug-likeness (QED) is 0.815. The van der Waals surface area contributed by atoms with Gasteiger partial charge >= 0.3 is 5.97 Å². The molecule has 1 fully saturated rings. The summed E-state index contributed by atoms with van der Waals surface area (Å²) in [6, 6.07) is 6.32. The number of benzene rings is 1. The van der Waals surface area contributed by atoms with Crippen LogP contribution in [0, 0.1) is 0 Å². The van der Waals surface area contributed by atoms with Crippen LogP contribution in [0.4, 0.5) is 0 Å². The molecule has 5 nitrogen and oxygen atoms in total. The van der Waals surface area contributed by atoms with E-state index in [1.165, 1.54) is 5.56 Å². The Morgan fingerprint density at radius 1 is 1.42 bits per heavy atom. The molecule has 0 spiro atoms. The van der Waals surface area contributed by atoms with Gasteiger partial charge < -0.3 is 9.84 Å². The van der Waals surface area contributed by atoms with Gasteiger partial charge in [-0.05, 0) is 64.5 Å². The Labute approximate surface area is 149 Å². The number of carboxylic acids is 1. The lowest BCUT2D eigenvalue weighted by Gasteiger charge is -2.36. The largest absolute Gasteiger partial charge is 0.489 e. The standard InChI is InChI=1S/C18H27ClN2O3/c1-13(2)24-17-5-4-14(10-16(17)19)11-21-8-6-15(7-9-21)20(3)12-18(22)23/h4-5,10,13,15H,6-9,11-12H2,1-3H3,(H,22,23). The van der Waals surface area contributed by atoms with E-state index in [1.807, 2.05) is 37.9 Å². The molecule has 24 heavy (non-hydrogen) atoms. The first-order valence-electron chi connectivity index (χ1n) is 8.44. The lowest BCUT2D eigenvalue weighted by molar-refractivity contribution is -0.138. The molecule has 0 amide bonds. The van der Waals surface area contributed by atoms with Crippen LogP contribution in [0.5, 0.6) is 5.75 Å². The van der Waals surface area contributed by atoms with Gasteiger partial charge in [-0.1, -0.05) is 17.7 Å². The van der Waals surface area contributed by atoms with E-state index < -0.39 is 5.97 Å². The van der Waals surface area contributed by atoms with Crippen LogP contribution in [0.2, 0.25) is 5.02 Å². The number of hydrogen-bond donors (Lipinski definition) is 1. The zero-order valence-corrected chi connectivity index (χ0v) is 15.4. The molecule has 1 aromatic rings. The summed E-state index contributed by atoms with van der Waals surface area (Å²) in [7, 11) is 1.89. The van der Waals surface area contributed by atoms with Crippen molar-refractivity contribution >= 4 is 17.6 Å². The molecule has 0 unspecified atom stereocenters. The number of hydrogen-bond acceptors (Lipinski definition) is 4. The molecule has 0 saturated carbocycles. The molecule has 1 heterocycles. The van der Waals surface area contributed by atoms with E-state index in [0.29, 0.717) is 11.1 Å². The summed E-state index contributed by atoms with van der Waals surface area (Å²) in [4.78, 5) is 15.1. The Kier molecular flexibility index (Phi) is 6.90. The average molecular weight is 355 g/mol. The third-order valence-corrected chi connectivity index (χ3v) is 4.63. The van der Waals surface area contributed by atoms with Gasteiger partial charge in [-0.3, -0.25) is 14.6 Å². The molecule has 0 aliphatic carbocycles. The molecule has 0 aromatic heterocycles. The van der Waals surface area contributed by atoms with Gasteiger partial charge in [0.05, 0.1) is 17.7 Å². The lowest BCUT2D eigenvalue weighted by atomic mass is 10.0. The highest BCUT2D eigenvalue weighted by molar-refractivity contribution is 6.32. The Hall–Kier alpha value is -1.30. The molecule has 0 radical (unpaired) electrons. The minimum atomic E-state index is -0.765. The number of halogens is 1. The van der Waals surface area contributed by atoms with Crippen LogP contribution in [-0.2, 0) is 11.3 Å². The number of likely N-dealkylation sites (tertiary alicyclic amines) is 1. The highest BCUT2D eigenvalue weighted by Crippen LogP contribution is 2.27. The molecular formula is C18H27ClN2O3. The van der Waals surface area contributed by atoms with Gasteiger partial charge in [0.25, 0.3) is 0 Å². The van der Waals surface area contributed by atoms with Crippen LogP contribution < -0.4 is 4.74 Å². The summed E-state index contributed by atoms with van der Waals surface area (Å²) in [5.41, 5.74) is 1.17. The van der Waals surface area contributed by atoms with Crippen LogP contribution in [0.25, 0.3) is 0 Å². The Morgan fingerprint density at radius 3 is 2.62 bits per heavy atom. The van der Waals surface area contributed by atoms with Crippen molar-refractivity contribution in [1.82, 2.24) is 9.80 Å². The lowest BCUT2D eigenvalue weighted by Crippen LogP contribution is -2.44. The molecule has 1 aliphatic heterocycles. The van der Waals surface area contributed by atoms with E-state index in [2.05, 4.69) is 11.0 Å². The molecule has 1 aliphatic rings. The van der Waals surface area contributed by atoms with Gasteiger partial charge in [0.2, 0.25) is 0 Å². The monoisotopic (exact) mass is 354 g/mol. The zero-order chi connectivity index (χ0) is 17.7. The van der Waals surface area contributed by atoms with E-state index in [4.69, 9.17) is 21.4 Å². The van der Waals surface area contributed by atoms with Crippen molar-refractivity contribution in [3.8, 4) is 5.75 Å². The zero-order valence-electron chi connectivity index (χ0n) is 14.7. The summed E-state index contributed by atoms with van der Waals surface area (Å²) in [6.45, 7) is 6.87. The van der Waals surface area contributed by atoms with Crippen molar-refractivity contribution < 1.29 is 14.6 Å². The minimum absolute atomic E-state index is 0.107. The molecule has 2 rings (SSSR count). The number of nitrogens with zero attached hydrogens (tertiary/aromatic N) is 2. The molecule has 1 aromatic carbocycles. The molecule has 0 bridgehead atoms. The summed E-state index contributed by atoms with van der Waals surface area (Å²) in [5.74, 6) is -0.0392. The first-order valence-corrected chi connectivity index (χ1v) is 8.82. The van der Waals surface area contributed by atoms with Crippen molar-refractivity contribution in [1.29, 1.82) is 0 Å². The van der Waals surface area contributed by atoms with E-state index in [0.717, 1.165) is 38.2 Å². The van der Waals surface area contributed by atoms with Crippen LogP contribution >= 0.6 is 11.6 Å². The van der Waals surface area contributed by atoms with E-state index in [-0.39, 0.29) is 12.6 Å². The van der Waals surface area contributed by atoms with Gasteiger partial charge in [0, 0.05) is 12.6 Å². The van der Waals surface area contributed by atoms with Crippen molar-refractivity contribution in [2.75, 3.05) is 26.7 Å². The fourth-order valence-electron chi connectivity index (χ4n) is 3.11. The molecule has 6 heteroatoms. The fraction of sp³-hybridized carbons (Fsp3) is 0.611. The van der Waals surface area contributed by atoms with Gasteiger partial charge in [0.1, 0.15) is 5.75 Å². The molecule has 1 N–H and O–H groups in total. The first kappa shape index (κ1) is 19.0. The molecule has 1 saturated heterocycles. The minimum Gasteiger partial charge on any atom is -0.489 e. The Bertz CT molecular complexity index is 557. The number of piperidine rings is 1. The smallest absolute Gasteiger partial charge is 0.317 e. The number of carboxylic acid groups (broad SMARTS) is 1. The van der Waals surface area contributed by atoms with Crippen molar-refractivity contribution in [3.05, 3.63) is 28.8 Å². The second kappa shape index (κ2) is 8.70. The van der Waals surface area contributed by atoms with E-state index in [1.54, 1.807) is 0 Å².